The third-order valence-electron chi connectivity index (χ3n) is 2.94. The number of pyridine rings is 1. The van der Waals surface area contributed by atoms with Crippen molar-refractivity contribution >= 4 is 23.2 Å². The largest absolute Gasteiger partial charge is 0.477 e. The highest BCUT2D eigenvalue weighted by Crippen LogP contribution is 2.22. The van der Waals surface area contributed by atoms with Crippen LogP contribution < -0.4 is 5.32 Å². The van der Waals surface area contributed by atoms with Crippen LogP contribution in [0, 0.1) is 10.1 Å². The van der Waals surface area contributed by atoms with Crippen LogP contribution in [0.25, 0.3) is 0 Å². The molecule has 0 bridgehead atoms. The van der Waals surface area contributed by atoms with E-state index in [0.29, 0.717) is 0 Å². The number of carboxylic acids is 1. The van der Waals surface area contributed by atoms with E-state index in [1.54, 1.807) is 0 Å². The minimum Gasteiger partial charge on any atom is -0.477 e. The van der Waals surface area contributed by atoms with Crippen LogP contribution in [0.2, 0.25) is 0 Å². The summed E-state index contributed by atoms with van der Waals surface area (Å²) in [5, 5.41) is 22.7. The Hall–Kier alpha value is -2.96. The molecule has 0 saturated heterocycles. The number of hydrogen-bond donors (Lipinski definition) is 2. The molecule has 0 amide bonds. The molecule has 1 aromatic carbocycles. The molecule has 2 aromatic rings. The Bertz CT molecular complexity index is 683. The number of aromatic nitrogens is 1. The molecule has 0 aliphatic heterocycles. The summed E-state index contributed by atoms with van der Waals surface area (Å²) in [6, 6.07) is 8.69. The topological polar surface area (TPSA) is 105 Å². The van der Waals surface area contributed by atoms with E-state index in [1.165, 1.54) is 5.56 Å². The molecule has 0 atom stereocenters. The Kier molecular flexibility index (Phi) is 4.13. The molecule has 2 N–H and O–H groups in total. The predicted molar refractivity (Wildman–Crippen MR) is 77.0 cm³/mol. The van der Waals surface area contributed by atoms with Crippen molar-refractivity contribution in [2.75, 3.05) is 5.32 Å². The fourth-order valence-corrected chi connectivity index (χ4v) is 1.80. The molecule has 7 nitrogen and oxygen atoms in total. The highest BCUT2D eigenvalue weighted by molar-refractivity contribution is 5.93. The number of carbonyl (C=O) groups is 1. The highest BCUT2D eigenvalue weighted by Gasteiger charge is 2.21. The average molecular weight is 287 g/mol. The van der Waals surface area contributed by atoms with Crippen molar-refractivity contribution in [2.45, 2.75) is 13.3 Å². The molecule has 0 unspecified atom stereocenters. The highest BCUT2D eigenvalue weighted by atomic mass is 16.6. The molecule has 21 heavy (non-hydrogen) atoms. The molecule has 2 rings (SSSR count). The molecule has 0 fully saturated rings. The van der Waals surface area contributed by atoms with Crippen molar-refractivity contribution in [3.63, 3.8) is 0 Å². The van der Waals surface area contributed by atoms with Crippen LogP contribution in [-0.4, -0.2) is 21.0 Å². The first kappa shape index (κ1) is 14.4. The zero-order valence-electron chi connectivity index (χ0n) is 11.2. The van der Waals surface area contributed by atoms with Crippen molar-refractivity contribution < 1.29 is 14.8 Å². The smallest absolute Gasteiger partial charge is 0.342 e. The molecule has 1 heterocycles. The average Bonchev–Trinajstić information content (AvgIpc) is 2.47. The van der Waals surface area contributed by atoms with Gasteiger partial charge in [-0.05, 0) is 24.1 Å². The minimum atomic E-state index is -1.37. The van der Waals surface area contributed by atoms with Gasteiger partial charge in [0.05, 0.1) is 4.92 Å². The number of carboxylic acid groups (broad SMARTS) is 1. The number of benzene rings is 1. The monoisotopic (exact) mass is 287 g/mol. The van der Waals surface area contributed by atoms with E-state index >= 15 is 0 Å². The van der Waals surface area contributed by atoms with E-state index in [4.69, 9.17) is 5.11 Å². The van der Waals surface area contributed by atoms with Gasteiger partial charge in [0, 0.05) is 11.8 Å². The Morgan fingerprint density at radius 2 is 2.05 bits per heavy atom. The maximum Gasteiger partial charge on any atom is 0.342 e. The van der Waals surface area contributed by atoms with Crippen molar-refractivity contribution in [2.24, 2.45) is 0 Å². The number of nitrogens with one attached hydrogen (secondary N) is 1. The number of rotatable bonds is 5. The number of nitro groups is 1. The number of aromatic carboxylic acids is 1. The Labute approximate surface area is 120 Å². The first-order valence-corrected chi connectivity index (χ1v) is 6.25. The molecular weight excluding hydrogens is 274 g/mol. The summed E-state index contributed by atoms with van der Waals surface area (Å²) in [6.07, 6.45) is 1.85. The van der Waals surface area contributed by atoms with Gasteiger partial charge < -0.3 is 10.4 Å². The van der Waals surface area contributed by atoms with Gasteiger partial charge in [0.15, 0.2) is 0 Å². The SMILES string of the molecule is CCc1ccc(Nc2cc(C(=O)O)c([N+](=O)[O-])cn2)cc1. The Morgan fingerprint density at radius 1 is 1.38 bits per heavy atom. The number of hydrogen-bond acceptors (Lipinski definition) is 5. The van der Waals surface area contributed by atoms with Crippen LogP contribution in [0.3, 0.4) is 0 Å². The van der Waals surface area contributed by atoms with E-state index in [2.05, 4.69) is 10.3 Å². The zero-order chi connectivity index (χ0) is 15.4. The van der Waals surface area contributed by atoms with E-state index in [-0.39, 0.29) is 5.82 Å². The fraction of sp³-hybridized carbons (Fsp3) is 0.143. The quantitative estimate of drug-likeness (QED) is 0.647. The van der Waals surface area contributed by atoms with Crippen LogP contribution in [0.4, 0.5) is 17.2 Å². The van der Waals surface area contributed by atoms with E-state index in [0.717, 1.165) is 24.4 Å². The normalized spacial score (nSPS) is 10.1. The Balaban J connectivity index is 2.29. The number of aryl methyl sites for hydroxylation is 1. The molecule has 0 saturated carbocycles. The lowest BCUT2D eigenvalue weighted by atomic mass is 10.1. The molecule has 0 aliphatic carbocycles. The molecule has 0 aliphatic rings. The van der Waals surface area contributed by atoms with Gasteiger partial charge >= 0.3 is 11.7 Å². The second kappa shape index (κ2) is 6.00. The molecular formula is C14H13N3O4. The van der Waals surface area contributed by atoms with Gasteiger partial charge in [-0.25, -0.2) is 9.78 Å². The van der Waals surface area contributed by atoms with Crippen molar-refractivity contribution in [1.82, 2.24) is 4.98 Å². The van der Waals surface area contributed by atoms with Crippen LogP contribution in [0.15, 0.2) is 36.5 Å². The molecule has 0 spiro atoms. The van der Waals surface area contributed by atoms with Crippen LogP contribution >= 0.6 is 0 Å². The van der Waals surface area contributed by atoms with Gasteiger partial charge in [-0.15, -0.1) is 0 Å². The lowest BCUT2D eigenvalue weighted by Gasteiger charge is -2.07. The summed E-state index contributed by atoms with van der Waals surface area (Å²) in [5.74, 6) is -1.13. The van der Waals surface area contributed by atoms with Crippen molar-refractivity contribution in [3.05, 3.63) is 57.8 Å². The van der Waals surface area contributed by atoms with Gasteiger partial charge in [0.25, 0.3) is 0 Å². The first-order valence-electron chi connectivity index (χ1n) is 6.25. The van der Waals surface area contributed by atoms with Gasteiger partial charge in [0.1, 0.15) is 17.6 Å². The summed E-state index contributed by atoms with van der Waals surface area (Å²) in [7, 11) is 0. The standard InChI is InChI=1S/C14H13N3O4/c1-2-9-3-5-10(6-4-9)16-13-7-11(14(18)19)12(8-15-13)17(20)21/h3-8H,2H2,1H3,(H,15,16)(H,18,19). The maximum absolute atomic E-state index is 11.1. The zero-order valence-corrected chi connectivity index (χ0v) is 11.2. The van der Waals surface area contributed by atoms with Crippen LogP contribution in [-0.2, 0) is 6.42 Å². The summed E-state index contributed by atoms with van der Waals surface area (Å²) in [5.41, 5.74) is 0.963. The second-order valence-corrected chi connectivity index (χ2v) is 4.32. The second-order valence-electron chi connectivity index (χ2n) is 4.32. The molecule has 0 radical (unpaired) electrons. The summed E-state index contributed by atoms with van der Waals surface area (Å²) < 4.78 is 0. The van der Waals surface area contributed by atoms with E-state index in [9.17, 15) is 14.9 Å². The van der Waals surface area contributed by atoms with Gasteiger partial charge in [-0.3, -0.25) is 10.1 Å². The Morgan fingerprint density at radius 3 is 2.57 bits per heavy atom. The fourth-order valence-electron chi connectivity index (χ4n) is 1.80. The van der Waals surface area contributed by atoms with Crippen molar-refractivity contribution in [1.29, 1.82) is 0 Å². The van der Waals surface area contributed by atoms with Gasteiger partial charge in [0.2, 0.25) is 0 Å². The lowest BCUT2D eigenvalue weighted by molar-refractivity contribution is -0.385. The molecule has 7 heteroatoms. The lowest BCUT2D eigenvalue weighted by Crippen LogP contribution is -2.05. The minimum absolute atomic E-state index is 0.238. The number of anilines is 2. The van der Waals surface area contributed by atoms with E-state index < -0.39 is 22.1 Å². The molecule has 108 valence electrons. The maximum atomic E-state index is 11.1. The summed E-state index contributed by atoms with van der Waals surface area (Å²) in [6.45, 7) is 2.04. The molecule has 1 aromatic heterocycles. The summed E-state index contributed by atoms with van der Waals surface area (Å²) >= 11 is 0. The van der Waals surface area contributed by atoms with Gasteiger partial charge in [-0.2, -0.15) is 0 Å². The summed E-state index contributed by atoms with van der Waals surface area (Å²) in [4.78, 5) is 24.9. The first-order chi connectivity index (χ1) is 10.0. The van der Waals surface area contributed by atoms with Crippen molar-refractivity contribution in [3.8, 4) is 0 Å². The third kappa shape index (κ3) is 3.33. The van der Waals surface area contributed by atoms with Crippen LogP contribution in [0.5, 0.6) is 0 Å². The van der Waals surface area contributed by atoms with Gasteiger partial charge in [-0.1, -0.05) is 19.1 Å². The van der Waals surface area contributed by atoms with E-state index in [1.807, 2.05) is 31.2 Å². The predicted octanol–water partition coefficient (Wildman–Crippen LogP) is 2.99. The number of nitrogens with zero attached hydrogens (tertiary/aromatic N) is 2. The third-order valence-corrected chi connectivity index (χ3v) is 2.94. The van der Waals surface area contributed by atoms with Crippen LogP contribution in [0.1, 0.15) is 22.8 Å².